The lowest BCUT2D eigenvalue weighted by Gasteiger charge is -2.44. The fraction of sp³-hybridized carbons (Fsp3) is 0.882. The summed E-state index contributed by atoms with van der Waals surface area (Å²) < 4.78 is 0. The van der Waals surface area contributed by atoms with Crippen molar-refractivity contribution in [2.75, 3.05) is 32.7 Å². The summed E-state index contributed by atoms with van der Waals surface area (Å²) in [7, 11) is 0. The van der Waals surface area contributed by atoms with Crippen LogP contribution in [0, 0.1) is 16.2 Å². The second kappa shape index (κ2) is 5.04. The first-order chi connectivity index (χ1) is 10.2. The minimum Gasteiger partial charge on any atom is -0.332 e. The Morgan fingerprint density at radius 3 is 2.32 bits per heavy atom. The number of nitrogens with zero attached hydrogens (tertiary/aromatic N) is 1. The van der Waals surface area contributed by atoms with Crippen LogP contribution in [0.15, 0.2) is 0 Å². The highest BCUT2D eigenvalue weighted by molar-refractivity contribution is 9.10. The lowest BCUT2D eigenvalue weighted by atomic mass is 9.64. The van der Waals surface area contributed by atoms with E-state index in [0.29, 0.717) is 0 Å². The molecular formula is C17H28BrN2O2+. The van der Waals surface area contributed by atoms with Crippen LogP contribution in [0.2, 0.25) is 0 Å². The first-order valence-corrected chi connectivity index (χ1v) is 9.45. The maximum atomic E-state index is 13.4. The van der Waals surface area contributed by atoms with Crippen molar-refractivity contribution in [3.63, 3.8) is 0 Å². The molecule has 3 fully saturated rings. The number of ketones is 1. The Balaban J connectivity index is 1.90. The largest absolute Gasteiger partial charge is 0.332 e. The zero-order valence-corrected chi connectivity index (χ0v) is 15.8. The van der Waals surface area contributed by atoms with Crippen LogP contribution in [-0.4, -0.2) is 54.1 Å². The van der Waals surface area contributed by atoms with Crippen molar-refractivity contribution in [1.29, 1.82) is 0 Å². The molecule has 5 heteroatoms. The van der Waals surface area contributed by atoms with Gasteiger partial charge in [-0.05, 0) is 25.2 Å². The number of carbonyl (C=O) groups is 2. The number of quaternary nitrogens is 1. The maximum absolute atomic E-state index is 13.4. The van der Waals surface area contributed by atoms with Crippen molar-refractivity contribution in [3.8, 4) is 0 Å². The van der Waals surface area contributed by atoms with Gasteiger partial charge in [0.2, 0.25) is 5.91 Å². The van der Waals surface area contributed by atoms with E-state index in [9.17, 15) is 9.59 Å². The highest BCUT2D eigenvalue weighted by Crippen LogP contribution is 2.72. The van der Waals surface area contributed by atoms with E-state index in [1.165, 1.54) is 0 Å². The van der Waals surface area contributed by atoms with E-state index in [2.05, 4.69) is 43.6 Å². The van der Waals surface area contributed by atoms with Crippen LogP contribution >= 0.6 is 15.9 Å². The first kappa shape index (κ1) is 16.4. The average Bonchev–Trinajstić information content (AvgIpc) is 2.79. The van der Waals surface area contributed by atoms with Crippen LogP contribution in [0.4, 0.5) is 0 Å². The van der Waals surface area contributed by atoms with Crippen LogP contribution in [0.25, 0.3) is 0 Å². The van der Waals surface area contributed by atoms with Crippen molar-refractivity contribution in [1.82, 2.24) is 4.90 Å². The van der Waals surface area contributed by atoms with Gasteiger partial charge >= 0.3 is 0 Å². The SMILES string of the molecule is CC[NH+]1CCN(C(=O)[C@@]23CC[C@@](C)(C(=O)[C@@H]2Br)C3(C)C)CC1. The number of hydrogen-bond donors (Lipinski definition) is 1. The molecule has 0 aromatic heterocycles. The maximum Gasteiger partial charge on any atom is 0.231 e. The Labute approximate surface area is 141 Å². The molecule has 2 saturated carbocycles. The quantitative estimate of drug-likeness (QED) is 0.732. The van der Waals surface area contributed by atoms with Gasteiger partial charge in [-0.1, -0.05) is 36.7 Å². The number of alkyl halides is 1. The molecule has 0 aromatic rings. The summed E-state index contributed by atoms with van der Waals surface area (Å²) in [5.74, 6) is 0.444. The standard InChI is InChI=1S/C17H27BrN2O2/c1-5-19-8-10-20(11-9-19)14(22)17-7-6-16(4,15(17,2)3)13(21)12(17)18/h12H,5-11H2,1-4H3/p+1/t12-,16-,17+/m0/s1. The van der Waals surface area contributed by atoms with Gasteiger partial charge in [0.05, 0.1) is 43.0 Å². The summed E-state index contributed by atoms with van der Waals surface area (Å²) >= 11 is 3.62. The molecule has 3 rings (SSSR count). The number of rotatable bonds is 2. The van der Waals surface area contributed by atoms with Gasteiger partial charge < -0.3 is 9.80 Å². The number of carbonyl (C=O) groups excluding carboxylic acids is 2. The normalized spacial score (nSPS) is 41.2. The summed E-state index contributed by atoms with van der Waals surface area (Å²) in [6.45, 7) is 13.3. The molecule has 1 N–H and O–H groups in total. The summed E-state index contributed by atoms with van der Waals surface area (Å²) in [6.07, 6.45) is 1.67. The molecule has 4 nitrogen and oxygen atoms in total. The molecule has 0 unspecified atom stereocenters. The third kappa shape index (κ3) is 1.73. The molecule has 2 bridgehead atoms. The molecule has 1 aliphatic heterocycles. The first-order valence-electron chi connectivity index (χ1n) is 8.53. The Bertz CT molecular complexity index is 513. The van der Waals surface area contributed by atoms with Crippen LogP contribution in [0.3, 0.4) is 0 Å². The van der Waals surface area contributed by atoms with Crippen molar-refractivity contribution in [2.24, 2.45) is 16.2 Å². The van der Waals surface area contributed by atoms with Crippen molar-refractivity contribution < 1.29 is 14.5 Å². The monoisotopic (exact) mass is 371 g/mol. The molecule has 22 heavy (non-hydrogen) atoms. The molecule has 3 aliphatic rings. The van der Waals surface area contributed by atoms with Gasteiger partial charge in [-0.25, -0.2) is 0 Å². The van der Waals surface area contributed by atoms with Crippen LogP contribution < -0.4 is 4.90 Å². The topological polar surface area (TPSA) is 41.8 Å². The van der Waals surface area contributed by atoms with E-state index in [1.807, 2.05) is 4.90 Å². The minimum atomic E-state index is -0.553. The molecule has 1 heterocycles. The van der Waals surface area contributed by atoms with E-state index in [1.54, 1.807) is 4.90 Å². The zero-order valence-electron chi connectivity index (χ0n) is 14.2. The summed E-state index contributed by atoms with van der Waals surface area (Å²) in [5, 5.41) is 0. The number of fused-ring (bicyclic) bond motifs is 2. The van der Waals surface area contributed by atoms with Crippen molar-refractivity contribution >= 4 is 27.6 Å². The lowest BCUT2D eigenvalue weighted by molar-refractivity contribution is -0.902. The molecule has 3 atom stereocenters. The van der Waals surface area contributed by atoms with Gasteiger partial charge in [-0.3, -0.25) is 9.59 Å². The van der Waals surface area contributed by atoms with E-state index >= 15 is 0 Å². The number of hydrogen-bond acceptors (Lipinski definition) is 2. The fourth-order valence-electron chi connectivity index (χ4n) is 5.09. The van der Waals surface area contributed by atoms with Gasteiger partial charge in [0.15, 0.2) is 5.78 Å². The van der Waals surface area contributed by atoms with E-state index in [-0.39, 0.29) is 27.3 Å². The Hall–Kier alpha value is -0.420. The fourth-order valence-corrected chi connectivity index (χ4v) is 6.59. The smallest absolute Gasteiger partial charge is 0.231 e. The molecule has 0 radical (unpaired) electrons. The minimum absolute atomic E-state index is 0.212. The summed E-state index contributed by atoms with van der Waals surface area (Å²) in [5.41, 5.74) is -1.20. The Morgan fingerprint density at radius 1 is 1.27 bits per heavy atom. The van der Waals surface area contributed by atoms with Crippen molar-refractivity contribution in [2.45, 2.75) is 45.4 Å². The second-order valence-electron chi connectivity index (χ2n) is 8.05. The highest BCUT2D eigenvalue weighted by atomic mass is 79.9. The number of Topliss-reactive ketones (excluding diaryl/α,β-unsaturated/α-hetero) is 1. The third-order valence-corrected chi connectivity index (χ3v) is 8.56. The molecule has 0 aromatic carbocycles. The van der Waals surface area contributed by atoms with Gasteiger partial charge in [-0.2, -0.15) is 0 Å². The second-order valence-corrected chi connectivity index (χ2v) is 8.97. The van der Waals surface area contributed by atoms with Gasteiger partial charge in [0, 0.05) is 5.41 Å². The van der Waals surface area contributed by atoms with Crippen molar-refractivity contribution in [3.05, 3.63) is 0 Å². The lowest BCUT2D eigenvalue weighted by Crippen LogP contribution is -3.14. The molecule has 0 spiro atoms. The summed E-state index contributed by atoms with van der Waals surface area (Å²) in [4.78, 5) is 29.5. The Morgan fingerprint density at radius 2 is 1.86 bits per heavy atom. The molecule has 1 amide bonds. The summed E-state index contributed by atoms with van der Waals surface area (Å²) in [6, 6.07) is 0. The predicted molar refractivity (Wildman–Crippen MR) is 89.1 cm³/mol. The zero-order chi connectivity index (χ0) is 16.3. The highest BCUT2D eigenvalue weighted by Gasteiger charge is 2.77. The molecule has 124 valence electrons. The van der Waals surface area contributed by atoms with Gasteiger partial charge in [0.1, 0.15) is 0 Å². The predicted octanol–water partition coefficient (Wildman–Crippen LogP) is 0.892. The van der Waals surface area contributed by atoms with E-state index in [0.717, 1.165) is 45.6 Å². The molecular weight excluding hydrogens is 344 g/mol. The Kier molecular flexibility index (Phi) is 3.76. The molecule has 2 aliphatic carbocycles. The third-order valence-electron chi connectivity index (χ3n) is 7.36. The average molecular weight is 372 g/mol. The van der Waals surface area contributed by atoms with Crippen LogP contribution in [-0.2, 0) is 9.59 Å². The van der Waals surface area contributed by atoms with Crippen LogP contribution in [0.5, 0.6) is 0 Å². The number of piperazine rings is 1. The number of likely N-dealkylation sites (N-methyl/N-ethyl adjacent to an activating group) is 1. The van der Waals surface area contributed by atoms with E-state index < -0.39 is 5.41 Å². The van der Waals surface area contributed by atoms with E-state index in [4.69, 9.17) is 0 Å². The number of halogens is 1. The molecule has 1 saturated heterocycles. The van der Waals surface area contributed by atoms with Crippen LogP contribution in [0.1, 0.15) is 40.5 Å². The van der Waals surface area contributed by atoms with Gasteiger partial charge in [0.25, 0.3) is 0 Å². The van der Waals surface area contributed by atoms with Gasteiger partial charge in [-0.15, -0.1) is 0 Å². The number of amides is 1. The number of nitrogens with one attached hydrogen (secondary N) is 1.